The fourth-order valence-corrected chi connectivity index (χ4v) is 4.23. The lowest BCUT2D eigenvalue weighted by molar-refractivity contribution is -0.124. The Bertz CT molecular complexity index is 536. The summed E-state index contributed by atoms with van der Waals surface area (Å²) in [4.78, 5) is 26.4. The number of amides is 2. The van der Waals surface area contributed by atoms with E-state index in [1.165, 1.54) is 70.6 Å². The molecule has 6 nitrogen and oxygen atoms in total. The second kappa shape index (κ2) is 20.0. The maximum Gasteiger partial charge on any atom is 0.237 e. The first-order valence-electron chi connectivity index (χ1n) is 13.6. The van der Waals surface area contributed by atoms with Crippen molar-refractivity contribution >= 4 is 11.8 Å². The number of hydrogen-bond acceptors (Lipinski definition) is 4. The lowest BCUT2D eigenvalue weighted by Gasteiger charge is -2.14. The van der Waals surface area contributed by atoms with Gasteiger partial charge in [0.15, 0.2) is 0 Å². The third-order valence-electron chi connectivity index (χ3n) is 6.34. The third-order valence-corrected chi connectivity index (χ3v) is 6.34. The predicted octanol–water partition coefficient (Wildman–Crippen LogP) is 4.55. The molecule has 0 saturated carbocycles. The van der Waals surface area contributed by atoms with E-state index < -0.39 is 0 Å². The molecule has 0 aromatic heterocycles. The monoisotopic (exact) mass is 464 g/mol. The number of likely N-dealkylation sites (N-methyl/N-ethyl adjacent to an activating group) is 1. The van der Waals surface area contributed by atoms with Gasteiger partial charge in [-0.2, -0.15) is 0 Å². The molecule has 0 aromatic rings. The number of hydrogen-bond donors (Lipinski definition) is 3. The van der Waals surface area contributed by atoms with E-state index in [0.717, 1.165) is 19.4 Å². The van der Waals surface area contributed by atoms with Crippen molar-refractivity contribution in [2.24, 2.45) is 0 Å². The van der Waals surface area contributed by atoms with Gasteiger partial charge in [-0.25, -0.2) is 0 Å². The zero-order valence-electron chi connectivity index (χ0n) is 21.8. The molecule has 1 rings (SSSR count). The molecule has 2 atom stereocenters. The molecule has 0 unspecified atom stereocenters. The second-order valence-corrected chi connectivity index (χ2v) is 9.89. The zero-order chi connectivity index (χ0) is 24.2. The SMILES string of the molecule is CCCCCCCCC=CCCCCCCCC(=O)N[C@@H]1CN[C@H](C(=O)NCCN(C)C)C1. The average Bonchev–Trinajstić information content (AvgIpc) is 3.24. The Morgan fingerprint density at radius 1 is 0.909 bits per heavy atom. The summed E-state index contributed by atoms with van der Waals surface area (Å²) in [5, 5.41) is 9.27. The highest BCUT2D eigenvalue weighted by molar-refractivity contribution is 5.82. The molecule has 0 aromatic carbocycles. The molecule has 1 heterocycles. The molecule has 6 heteroatoms. The Morgan fingerprint density at radius 2 is 1.52 bits per heavy atom. The molecule has 1 saturated heterocycles. The molecule has 2 amide bonds. The number of unbranched alkanes of at least 4 members (excludes halogenated alkanes) is 11. The molecular weight excluding hydrogens is 412 g/mol. The van der Waals surface area contributed by atoms with Crippen LogP contribution in [0.4, 0.5) is 0 Å². The lowest BCUT2D eigenvalue weighted by atomic mass is 10.1. The van der Waals surface area contributed by atoms with E-state index in [2.05, 4.69) is 35.0 Å². The van der Waals surface area contributed by atoms with Crippen molar-refractivity contribution in [1.29, 1.82) is 0 Å². The normalized spacial score (nSPS) is 18.3. The van der Waals surface area contributed by atoms with Crippen LogP contribution in [-0.2, 0) is 9.59 Å². The standard InChI is InChI=1S/C27H52N4O2/c1-4-5-6-7-8-9-10-11-12-13-14-15-16-17-18-19-26(32)30-24-22-25(29-23-24)27(33)28-20-21-31(2)3/h11-12,24-25,29H,4-10,13-23H2,1-3H3,(H,28,33)(H,30,32)/t24-,25-/m0/s1. The molecule has 0 bridgehead atoms. The molecule has 33 heavy (non-hydrogen) atoms. The van der Waals surface area contributed by atoms with E-state index >= 15 is 0 Å². The maximum absolute atomic E-state index is 12.2. The first kappa shape index (κ1) is 29.6. The van der Waals surface area contributed by atoms with Crippen molar-refractivity contribution in [1.82, 2.24) is 20.9 Å². The summed E-state index contributed by atoms with van der Waals surface area (Å²) in [5.41, 5.74) is 0. The van der Waals surface area contributed by atoms with E-state index in [0.29, 0.717) is 25.9 Å². The molecular formula is C27H52N4O2. The van der Waals surface area contributed by atoms with E-state index in [4.69, 9.17) is 0 Å². The van der Waals surface area contributed by atoms with Gasteiger partial charge >= 0.3 is 0 Å². The van der Waals surface area contributed by atoms with E-state index in [9.17, 15) is 9.59 Å². The highest BCUT2D eigenvalue weighted by Crippen LogP contribution is 2.11. The number of rotatable bonds is 20. The Balaban J connectivity index is 1.92. The van der Waals surface area contributed by atoms with E-state index in [-0.39, 0.29) is 23.9 Å². The topological polar surface area (TPSA) is 73.5 Å². The summed E-state index contributed by atoms with van der Waals surface area (Å²) in [7, 11) is 3.98. The van der Waals surface area contributed by atoms with Crippen molar-refractivity contribution in [2.75, 3.05) is 33.7 Å². The van der Waals surface area contributed by atoms with Crippen LogP contribution in [0, 0.1) is 0 Å². The smallest absolute Gasteiger partial charge is 0.237 e. The molecule has 0 aliphatic carbocycles. The summed E-state index contributed by atoms with van der Waals surface area (Å²) in [6.45, 7) is 4.41. The Kier molecular flexibility index (Phi) is 18.0. The first-order chi connectivity index (χ1) is 16.0. The van der Waals surface area contributed by atoms with Crippen LogP contribution in [0.2, 0.25) is 0 Å². The van der Waals surface area contributed by atoms with Gasteiger partial charge in [0.2, 0.25) is 11.8 Å². The van der Waals surface area contributed by atoms with Crippen LogP contribution in [0.15, 0.2) is 12.2 Å². The number of allylic oxidation sites excluding steroid dienone is 2. The molecule has 1 aliphatic rings. The molecule has 0 radical (unpaired) electrons. The number of nitrogens with zero attached hydrogens (tertiary/aromatic N) is 1. The first-order valence-corrected chi connectivity index (χ1v) is 13.6. The molecule has 192 valence electrons. The van der Waals surface area contributed by atoms with Crippen LogP contribution in [-0.4, -0.2) is 62.5 Å². The fourth-order valence-electron chi connectivity index (χ4n) is 4.23. The zero-order valence-corrected chi connectivity index (χ0v) is 21.8. The van der Waals surface area contributed by atoms with Crippen molar-refractivity contribution in [3.8, 4) is 0 Å². The van der Waals surface area contributed by atoms with Crippen LogP contribution in [0.1, 0.15) is 103 Å². The van der Waals surface area contributed by atoms with Crippen LogP contribution < -0.4 is 16.0 Å². The minimum Gasteiger partial charge on any atom is -0.353 e. The van der Waals surface area contributed by atoms with Crippen LogP contribution in [0.3, 0.4) is 0 Å². The lowest BCUT2D eigenvalue weighted by Crippen LogP contribution is -2.42. The predicted molar refractivity (Wildman–Crippen MR) is 139 cm³/mol. The van der Waals surface area contributed by atoms with Gasteiger partial charge in [-0.15, -0.1) is 0 Å². The largest absolute Gasteiger partial charge is 0.353 e. The summed E-state index contributed by atoms with van der Waals surface area (Å²) < 4.78 is 0. The fraction of sp³-hybridized carbons (Fsp3) is 0.852. The Labute approximate surface area is 203 Å². The highest BCUT2D eigenvalue weighted by atomic mass is 16.2. The maximum atomic E-state index is 12.2. The van der Waals surface area contributed by atoms with Crippen LogP contribution >= 0.6 is 0 Å². The molecule has 0 spiro atoms. The average molecular weight is 465 g/mol. The van der Waals surface area contributed by atoms with E-state index in [1.54, 1.807) is 0 Å². The molecule has 1 aliphatic heterocycles. The summed E-state index contributed by atoms with van der Waals surface area (Å²) >= 11 is 0. The van der Waals surface area contributed by atoms with E-state index in [1.807, 2.05) is 19.0 Å². The van der Waals surface area contributed by atoms with Crippen molar-refractivity contribution in [3.05, 3.63) is 12.2 Å². The quantitative estimate of drug-likeness (QED) is 0.183. The van der Waals surface area contributed by atoms with Crippen molar-refractivity contribution in [2.45, 2.75) is 115 Å². The summed E-state index contributed by atoms with van der Waals surface area (Å²) in [6.07, 6.45) is 22.4. The second-order valence-electron chi connectivity index (χ2n) is 9.89. The van der Waals surface area contributed by atoms with Crippen LogP contribution in [0.25, 0.3) is 0 Å². The molecule has 3 N–H and O–H groups in total. The van der Waals surface area contributed by atoms with Gasteiger partial charge in [0, 0.05) is 32.1 Å². The van der Waals surface area contributed by atoms with Crippen LogP contribution in [0.5, 0.6) is 0 Å². The number of carbonyl (C=O) groups excluding carboxylic acids is 2. The Morgan fingerprint density at radius 3 is 2.15 bits per heavy atom. The van der Waals surface area contributed by atoms with Gasteiger partial charge in [-0.05, 0) is 52.6 Å². The van der Waals surface area contributed by atoms with Gasteiger partial charge in [-0.1, -0.05) is 70.4 Å². The van der Waals surface area contributed by atoms with Gasteiger partial charge in [-0.3, -0.25) is 9.59 Å². The minimum absolute atomic E-state index is 0.0332. The summed E-state index contributed by atoms with van der Waals surface area (Å²) in [6, 6.07) is -0.137. The third kappa shape index (κ3) is 16.8. The molecule has 1 fully saturated rings. The van der Waals surface area contributed by atoms with Gasteiger partial charge in [0.05, 0.1) is 6.04 Å². The number of nitrogens with one attached hydrogen (secondary N) is 3. The minimum atomic E-state index is -0.197. The highest BCUT2D eigenvalue weighted by Gasteiger charge is 2.29. The summed E-state index contributed by atoms with van der Waals surface area (Å²) in [5.74, 6) is 0.152. The van der Waals surface area contributed by atoms with Gasteiger partial charge in [0.25, 0.3) is 0 Å². The van der Waals surface area contributed by atoms with Crippen molar-refractivity contribution < 1.29 is 9.59 Å². The van der Waals surface area contributed by atoms with Gasteiger partial charge < -0.3 is 20.9 Å². The number of carbonyl (C=O) groups is 2. The van der Waals surface area contributed by atoms with Gasteiger partial charge in [0.1, 0.15) is 0 Å². The Hall–Kier alpha value is -1.40. The van der Waals surface area contributed by atoms with Crippen molar-refractivity contribution in [3.63, 3.8) is 0 Å².